The van der Waals surface area contributed by atoms with Crippen molar-refractivity contribution in [1.29, 1.82) is 0 Å². The van der Waals surface area contributed by atoms with E-state index >= 15 is 0 Å². The largest absolute Gasteiger partial charge is 0.394 e. The first-order chi connectivity index (χ1) is 21.3. The number of aromatic nitrogens is 4. The van der Waals surface area contributed by atoms with Crippen LogP contribution in [0.15, 0.2) is 6.20 Å². The van der Waals surface area contributed by atoms with Crippen LogP contribution in [0.5, 0.6) is 0 Å². The van der Waals surface area contributed by atoms with Gasteiger partial charge in [-0.3, -0.25) is 4.90 Å². The van der Waals surface area contributed by atoms with Gasteiger partial charge in [0.1, 0.15) is 30.7 Å². The zero-order chi connectivity index (χ0) is 31.1. The summed E-state index contributed by atoms with van der Waals surface area (Å²) in [5, 5.41) is 15.4. The number of nitrogens with zero attached hydrogens (tertiary/aromatic N) is 6. The lowest BCUT2D eigenvalue weighted by Gasteiger charge is -2.27. The Kier molecular flexibility index (Phi) is 11.6. The fourth-order valence-corrected chi connectivity index (χ4v) is 5.99. The molecular weight excluding hydrogens is 596 g/mol. The SMILES string of the molecule is C#CCOCCOCCOCCOCCN1CCC(N(C)c2nc(Cl)nc3c2cnn3[C@@H]2O[C@H](CO)[C@H]3OC(C)(C)O[C@H]32)C1. The predicted molar refractivity (Wildman–Crippen MR) is 161 cm³/mol. The molecule has 3 fully saturated rings. The van der Waals surface area contributed by atoms with E-state index in [0.29, 0.717) is 64.3 Å². The number of aliphatic hydroxyl groups excluding tert-OH is 1. The number of likely N-dealkylation sites (tertiary alicyclic amines) is 1. The van der Waals surface area contributed by atoms with Gasteiger partial charge in [-0.15, -0.1) is 6.42 Å². The van der Waals surface area contributed by atoms with Gasteiger partial charge in [0, 0.05) is 32.7 Å². The van der Waals surface area contributed by atoms with Crippen LogP contribution in [0.3, 0.4) is 0 Å². The molecule has 3 aliphatic heterocycles. The van der Waals surface area contributed by atoms with E-state index in [-0.39, 0.29) is 17.9 Å². The molecule has 0 bridgehead atoms. The van der Waals surface area contributed by atoms with E-state index < -0.39 is 30.3 Å². The van der Waals surface area contributed by atoms with E-state index in [1.807, 2.05) is 20.9 Å². The van der Waals surface area contributed by atoms with Crippen LogP contribution < -0.4 is 4.90 Å². The Labute approximate surface area is 262 Å². The molecular formula is C29H43ClN6O8. The van der Waals surface area contributed by atoms with E-state index in [2.05, 4.69) is 30.8 Å². The summed E-state index contributed by atoms with van der Waals surface area (Å²) in [4.78, 5) is 13.6. The first kappa shape index (κ1) is 33.2. The van der Waals surface area contributed by atoms with Crippen molar-refractivity contribution < 1.29 is 38.3 Å². The molecule has 1 unspecified atom stereocenters. The van der Waals surface area contributed by atoms with Gasteiger partial charge >= 0.3 is 0 Å². The number of hydrogen-bond acceptors (Lipinski definition) is 13. The van der Waals surface area contributed by atoms with Crippen LogP contribution in [-0.4, -0.2) is 146 Å². The highest BCUT2D eigenvalue weighted by molar-refractivity contribution is 6.28. The molecule has 3 aliphatic rings. The number of halogens is 1. The summed E-state index contributed by atoms with van der Waals surface area (Å²) in [5.41, 5.74) is 0.536. The van der Waals surface area contributed by atoms with Gasteiger partial charge in [-0.05, 0) is 31.9 Å². The maximum Gasteiger partial charge on any atom is 0.226 e. The third kappa shape index (κ3) is 7.97. The third-order valence-electron chi connectivity index (χ3n) is 7.94. The molecule has 1 N–H and O–H groups in total. The summed E-state index contributed by atoms with van der Waals surface area (Å²) in [5.74, 6) is 2.32. The Morgan fingerprint density at radius 1 is 1.07 bits per heavy atom. The number of aliphatic hydroxyl groups is 1. The fourth-order valence-electron chi connectivity index (χ4n) is 5.83. The molecule has 5 atom stereocenters. The lowest BCUT2D eigenvalue weighted by atomic mass is 10.1. The van der Waals surface area contributed by atoms with Crippen molar-refractivity contribution in [1.82, 2.24) is 24.6 Å². The van der Waals surface area contributed by atoms with Crippen molar-refractivity contribution >= 4 is 28.5 Å². The molecule has 15 heteroatoms. The van der Waals surface area contributed by atoms with Crippen LogP contribution in [-0.2, 0) is 33.2 Å². The minimum absolute atomic E-state index is 0.115. The fraction of sp³-hybridized carbons (Fsp3) is 0.759. The first-order valence-electron chi connectivity index (χ1n) is 15.0. The maximum atomic E-state index is 9.90. The lowest BCUT2D eigenvalue weighted by molar-refractivity contribution is -0.201. The standard InChI is InChI=1S/C29H43ClN6O8/c1-5-9-38-11-13-40-15-16-41-14-12-39-10-8-35-7-6-20(18-35)34(4)25-21-17-31-36(26(21)33-28(30)32-25)27-24-23(22(19-37)42-27)43-29(2,3)44-24/h1,17,20,22-24,27,37H,6-16,18-19H2,2-4H3/t20?,22-,23-,24-,27-/m1/s1. The number of rotatable bonds is 17. The highest BCUT2D eigenvalue weighted by Gasteiger charge is 2.56. The van der Waals surface area contributed by atoms with Crippen molar-refractivity contribution in [2.75, 3.05) is 91.0 Å². The van der Waals surface area contributed by atoms with Gasteiger partial charge in [-0.1, -0.05) is 5.92 Å². The quantitative estimate of drug-likeness (QED) is 0.151. The summed E-state index contributed by atoms with van der Waals surface area (Å²) in [6, 6.07) is 0.228. The Balaban J connectivity index is 1.08. The molecule has 44 heavy (non-hydrogen) atoms. The Morgan fingerprint density at radius 3 is 2.45 bits per heavy atom. The van der Waals surface area contributed by atoms with E-state index in [1.165, 1.54) is 0 Å². The summed E-state index contributed by atoms with van der Waals surface area (Å²) >= 11 is 6.44. The zero-order valence-electron chi connectivity index (χ0n) is 25.6. The van der Waals surface area contributed by atoms with Gasteiger partial charge in [-0.2, -0.15) is 15.1 Å². The molecule has 0 spiro atoms. The summed E-state index contributed by atoms with van der Waals surface area (Å²) in [6.45, 7) is 10.1. The Hall–Kier alpha value is -2.16. The lowest BCUT2D eigenvalue weighted by Crippen LogP contribution is -2.36. The van der Waals surface area contributed by atoms with Crippen LogP contribution in [0, 0.1) is 12.3 Å². The van der Waals surface area contributed by atoms with Gasteiger partial charge in [0.2, 0.25) is 5.28 Å². The molecule has 3 saturated heterocycles. The van der Waals surface area contributed by atoms with Crippen molar-refractivity contribution in [3.63, 3.8) is 0 Å². The van der Waals surface area contributed by atoms with Gasteiger partial charge < -0.3 is 43.2 Å². The molecule has 5 heterocycles. The summed E-state index contributed by atoms with van der Waals surface area (Å²) in [6.07, 6.45) is 5.77. The van der Waals surface area contributed by atoms with E-state index in [0.717, 1.165) is 31.4 Å². The minimum Gasteiger partial charge on any atom is -0.394 e. The number of anilines is 1. The maximum absolute atomic E-state index is 9.90. The van der Waals surface area contributed by atoms with Crippen molar-refractivity contribution in [2.24, 2.45) is 0 Å². The van der Waals surface area contributed by atoms with E-state index in [4.69, 9.17) is 51.2 Å². The predicted octanol–water partition coefficient (Wildman–Crippen LogP) is 1.10. The van der Waals surface area contributed by atoms with Crippen molar-refractivity contribution in [3.05, 3.63) is 11.5 Å². The summed E-state index contributed by atoms with van der Waals surface area (Å²) < 4.78 is 41.8. The normalized spacial score (nSPS) is 26.4. The highest BCUT2D eigenvalue weighted by Crippen LogP contribution is 2.44. The molecule has 2 aromatic heterocycles. The monoisotopic (exact) mass is 638 g/mol. The zero-order valence-corrected chi connectivity index (χ0v) is 26.4. The van der Waals surface area contributed by atoms with Crippen LogP contribution in [0.4, 0.5) is 5.82 Å². The molecule has 0 aromatic carbocycles. The molecule has 0 amide bonds. The molecule has 5 rings (SSSR count). The molecule has 0 aliphatic carbocycles. The van der Waals surface area contributed by atoms with Crippen LogP contribution in [0.25, 0.3) is 11.0 Å². The van der Waals surface area contributed by atoms with Gasteiger partial charge in [0.25, 0.3) is 0 Å². The van der Waals surface area contributed by atoms with Crippen LogP contribution in [0.1, 0.15) is 26.5 Å². The molecule has 0 saturated carbocycles. The number of ether oxygens (including phenoxy) is 7. The number of terminal acetylenes is 1. The second-order valence-corrected chi connectivity index (χ2v) is 11.7. The Bertz CT molecular complexity index is 1260. The van der Waals surface area contributed by atoms with Gasteiger partial charge in [0.05, 0.1) is 64.4 Å². The second-order valence-electron chi connectivity index (χ2n) is 11.4. The van der Waals surface area contributed by atoms with Gasteiger partial charge in [-0.25, -0.2) is 4.68 Å². The van der Waals surface area contributed by atoms with Crippen LogP contribution in [0.2, 0.25) is 5.28 Å². The summed E-state index contributed by atoms with van der Waals surface area (Å²) in [7, 11) is 2.02. The van der Waals surface area contributed by atoms with E-state index in [1.54, 1.807) is 10.9 Å². The average Bonchev–Trinajstić information content (AvgIpc) is 3.77. The Morgan fingerprint density at radius 2 is 1.75 bits per heavy atom. The third-order valence-corrected chi connectivity index (χ3v) is 8.10. The van der Waals surface area contributed by atoms with Crippen molar-refractivity contribution in [3.8, 4) is 12.3 Å². The number of fused-ring (bicyclic) bond motifs is 2. The topological polar surface area (TPSA) is 135 Å². The average molecular weight is 639 g/mol. The van der Waals surface area contributed by atoms with Gasteiger partial charge in [0.15, 0.2) is 17.7 Å². The second kappa shape index (κ2) is 15.4. The van der Waals surface area contributed by atoms with Crippen LogP contribution >= 0.6 is 11.6 Å². The molecule has 14 nitrogen and oxygen atoms in total. The molecule has 244 valence electrons. The molecule has 0 radical (unpaired) electrons. The molecule has 2 aromatic rings. The number of hydrogen-bond donors (Lipinski definition) is 1. The van der Waals surface area contributed by atoms with E-state index in [9.17, 15) is 5.11 Å². The first-order valence-corrected chi connectivity index (χ1v) is 15.4. The highest BCUT2D eigenvalue weighted by atomic mass is 35.5. The number of likely N-dealkylation sites (N-methyl/N-ethyl adjacent to an activating group) is 1. The van der Waals surface area contributed by atoms with Crippen molar-refractivity contribution in [2.45, 2.75) is 56.6 Å². The minimum atomic E-state index is -0.798. The smallest absolute Gasteiger partial charge is 0.226 e.